The third-order valence-electron chi connectivity index (χ3n) is 3.53. The Labute approximate surface area is 148 Å². The minimum absolute atomic E-state index is 0.310. The van der Waals surface area contributed by atoms with Gasteiger partial charge in [-0.25, -0.2) is 4.79 Å². The van der Waals surface area contributed by atoms with E-state index in [9.17, 15) is 9.59 Å². The highest BCUT2D eigenvalue weighted by Crippen LogP contribution is 2.19. The molecule has 0 fully saturated rings. The van der Waals surface area contributed by atoms with E-state index in [2.05, 4.69) is 5.32 Å². The highest BCUT2D eigenvalue weighted by atomic mass is 16.5. The number of anilines is 1. The second kappa shape index (κ2) is 9.47. The zero-order valence-corrected chi connectivity index (χ0v) is 14.6. The minimum atomic E-state index is -0.438. The molecule has 0 aliphatic heterocycles. The second-order valence-electron chi connectivity index (χ2n) is 5.45. The maximum Gasteiger partial charge on any atom is 0.340 e. The number of hydrogen-bond acceptors (Lipinski definition) is 4. The molecule has 0 unspecified atom stereocenters. The number of rotatable bonds is 8. The van der Waals surface area contributed by atoms with Gasteiger partial charge in [-0.2, -0.15) is 0 Å². The van der Waals surface area contributed by atoms with Crippen molar-refractivity contribution >= 4 is 17.6 Å². The number of esters is 1. The van der Waals surface area contributed by atoms with E-state index in [1.54, 1.807) is 48.5 Å². The van der Waals surface area contributed by atoms with Crippen LogP contribution in [0.3, 0.4) is 0 Å². The molecule has 132 valence electrons. The van der Waals surface area contributed by atoms with E-state index < -0.39 is 5.97 Å². The molecule has 0 bridgehead atoms. The lowest BCUT2D eigenvalue weighted by Crippen LogP contribution is -2.16. The molecule has 0 atom stereocenters. The highest BCUT2D eigenvalue weighted by molar-refractivity contribution is 6.08. The Hall–Kier alpha value is -2.82. The zero-order valence-electron chi connectivity index (χ0n) is 14.6. The number of unbranched alkanes of at least 4 members (excludes halogenated alkanes) is 1. The summed E-state index contributed by atoms with van der Waals surface area (Å²) in [6.07, 6.45) is 1.76. The Morgan fingerprint density at radius 3 is 2.60 bits per heavy atom. The molecule has 2 aromatic rings. The summed E-state index contributed by atoms with van der Waals surface area (Å²) in [6, 6.07) is 13.7. The molecule has 0 spiro atoms. The number of nitrogens with one attached hydrogen (secondary N) is 1. The van der Waals surface area contributed by atoms with Crippen molar-refractivity contribution in [2.45, 2.75) is 26.7 Å². The molecule has 1 N–H and O–H groups in total. The molecule has 5 heteroatoms. The van der Waals surface area contributed by atoms with Gasteiger partial charge in [0.1, 0.15) is 5.75 Å². The average molecular weight is 341 g/mol. The van der Waals surface area contributed by atoms with Crippen LogP contribution < -0.4 is 10.1 Å². The lowest BCUT2D eigenvalue weighted by atomic mass is 10.1. The lowest BCUT2D eigenvalue weighted by molar-refractivity contribution is 0.0501. The van der Waals surface area contributed by atoms with Gasteiger partial charge in [0, 0.05) is 5.56 Å². The van der Waals surface area contributed by atoms with Crippen LogP contribution in [0.5, 0.6) is 5.75 Å². The van der Waals surface area contributed by atoms with Crippen LogP contribution in [-0.2, 0) is 4.74 Å². The molecule has 0 aliphatic carbocycles. The van der Waals surface area contributed by atoms with Crippen LogP contribution in [0.2, 0.25) is 0 Å². The number of benzene rings is 2. The smallest absolute Gasteiger partial charge is 0.340 e. The normalized spacial score (nSPS) is 10.2. The summed E-state index contributed by atoms with van der Waals surface area (Å²) in [5.41, 5.74) is 1.23. The van der Waals surface area contributed by atoms with Gasteiger partial charge in [0.05, 0.1) is 24.5 Å². The maximum absolute atomic E-state index is 12.5. The SMILES string of the molecule is CCCCOC(=O)c1ccccc1NC(=O)c1cccc(OCC)c1. The van der Waals surface area contributed by atoms with Gasteiger partial charge >= 0.3 is 5.97 Å². The van der Waals surface area contributed by atoms with Crippen molar-refractivity contribution in [3.8, 4) is 5.75 Å². The van der Waals surface area contributed by atoms with E-state index in [1.807, 2.05) is 13.8 Å². The van der Waals surface area contributed by atoms with Crippen molar-refractivity contribution in [1.29, 1.82) is 0 Å². The summed E-state index contributed by atoms with van der Waals surface area (Å²) in [4.78, 5) is 24.7. The molecule has 0 aliphatic rings. The fraction of sp³-hybridized carbons (Fsp3) is 0.300. The van der Waals surface area contributed by atoms with Crippen LogP contribution in [0.15, 0.2) is 48.5 Å². The molecular formula is C20H23NO4. The first-order valence-corrected chi connectivity index (χ1v) is 8.46. The van der Waals surface area contributed by atoms with E-state index in [-0.39, 0.29) is 5.91 Å². The molecule has 0 saturated carbocycles. The van der Waals surface area contributed by atoms with Crippen LogP contribution in [0.4, 0.5) is 5.69 Å². The molecule has 0 saturated heterocycles. The standard InChI is InChI=1S/C20H23NO4/c1-3-5-13-25-20(23)17-11-6-7-12-18(17)21-19(22)15-9-8-10-16(14-15)24-4-2/h6-12,14H,3-5,13H2,1-2H3,(H,21,22). The molecule has 0 aromatic heterocycles. The predicted molar refractivity (Wildman–Crippen MR) is 97.2 cm³/mol. The van der Waals surface area contributed by atoms with Gasteiger partial charge in [0.15, 0.2) is 0 Å². The molecule has 2 aromatic carbocycles. The number of para-hydroxylation sites is 1. The molecular weight excluding hydrogens is 318 g/mol. The van der Waals surface area contributed by atoms with Crippen LogP contribution in [-0.4, -0.2) is 25.1 Å². The van der Waals surface area contributed by atoms with Crippen LogP contribution in [0.25, 0.3) is 0 Å². The van der Waals surface area contributed by atoms with Crippen molar-refractivity contribution < 1.29 is 19.1 Å². The van der Waals surface area contributed by atoms with Crippen LogP contribution >= 0.6 is 0 Å². The fourth-order valence-electron chi connectivity index (χ4n) is 2.25. The Morgan fingerprint density at radius 2 is 1.84 bits per heavy atom. The highest BCUT2D eigenvalue weighted by Gasteiger charge is 2.15. The summed E-state index contributed by atoms with van der Waals surface area (Å²) in [5.74, 6) is -0.120. The summed E-state index contributed by atoms with van der Waals surface area (Å²) in [5, 5.41) is 2.77. The molecule has 2 rings (SSSR count). The van der Waals surface area contributed by atoms with E-state index in [4.69, 9.17) is 9.47 Å². The molecule has 25 heavy (non-hydrogen) atoms. The van der Waals surface area contributed by atoms with Gasteiger partial charge in [-0.3, -0.25) is 4.79 Å². The quantitative estimate of drug-likeness (QED) is 0.574. The van der Waals surface area contributed by atoms with Gasteiger partial charge in [-0.1, -0.05) is 31.5 Å². The van der Waals surface area contributed by atoms with E-state index in [0.717, 1.165) is 12.8 Å². The summed E-state index contributed by atoms with van der Waals surface area (Å²) < 4.78 is 10.6. The minimum Gasteiger partial charge on any atom is -0.494 e. The number of carbonyl (C=O) groups is 2. The predicted octanol–water partition coefficient (Wildman–Crippen LogP) is 4.29. The number of amides is 1. The first kappa shape index (κ1) is 18.5. The third kappa shape index (κ3) is 5.35. The zero-order chi connectivity index (χ0) is 18.1. The van der Waals surface area contributed by atoms with Crippen molar-refractivity contribution in [1.82, 2.24) is 0 Å². The van der Waals surface area contributed by atoms with E-state index in [0.29, 0.717) is 35.8 Å². The first-order chi connectivity index (χ1) is 12.2. The number of hydrogen-bond donors (Lipinski definition) is 1. The molecule has 0 heterocycles. The van der Waals surface area contributed by atoms with E-state index in [1.165, 1.54) is 0 Å². The summed E-state index contributed by atoms with van der Waals surface area (Å²) in [7, 11) is 0. The summed E-state index contributed by atoms with van der Waals surface area (Å²) >= 11 is 0. The Morgan fingerprint density at radius 1 is 1.04 bits per heavy atom. The lowest BCUT2D eigenvalue weighted by Gasteiger charge is -2.11. The molecule has 5 nitrogen and oxygen atoms in total. The largest absolute Gasteiger partial charge is 0.494 e. The topological polar surface area (TPSA) is 64.6 Å². The second-order valence-corrected chi connectivity index (χ2v) is 5.45. The Balaban J connectivity index is 2.13. The monoisotopic (exact) mass is 341 g/mol. The summed E-state index contributed by atoms with van der Waals surface area (Å²) in [6.45, 7) is 4.80. The number of carbonyl (C=O) groups excluding carboxylic acids is 2. The first-order valence-electron chi connectivity index (χ1n) is 8.46. The third-order valence-corrected chi connectivity index (χ3v) is 3.53. The van der Waals surface area contributed by atoms with Crippen LogP contribution in [0, 0.1) is 0 Å². The molecule has 0 radical (unpaired) electrons. The van der Waals surface area contributed by atoms with Crippen LogP contribution in [0.1, 0.15) is 47.4 Å². The van der Waals surface area contributed by atoms with E-state index >= 15 is 0 Å². The van der Waals surface area contributed by atoms with Crippen molar-refractivity contribution in [2.75, 3.05) is 18.5 Å². The van der Waals surface area contributed by atoms with Crippen molar-refractivity contribution in [2.24, 2.45) is 0 Å². The van der Waals surface area contributed by atoms with Crippen molar-refractivity contribution in [3.63, 3.8) is 0 Å². The maximum atomic E-state index is 12.5. The van der Waals surface area contributed by atoms with Gasteiger partial charge in [-0.15, -0.1) is 0 Å². The van der Waals surface area contributed by atoms with Gasteiger partial charge < -0.3 is 14.8 Å². The molecule has 1 amide bonds. The fourth-order valence-corrected chi connectivity index (χ4v) is 2.25. The average Bonchev–Trinajstić information content (AvgIpc) is 2.63. The Kier molecular flexibility index (Phi) is 7.01. The van der Waals surface area contributed by atoms with Gasteiger partial charge in [0.25, 0.3) is 5.91 Å². The van der Waals surface area contributed by atoms with Gasteiger partial charge in [0.2, 0.25) is 0 Å². The van der Waals surface area contributed by atoms with Gasteiger partial charge in [-0.05, 0) is 43.7 Å². The van der Waals surface area contributed by atoms with Crippen molar-refractivity contribution in [3.05, 3.63) is 59.7 Å². The number of ether oxygens (including phenoxy) is 2. The Bertz CT molecular complexity index is 727.